The van der Waals surface area contributed by atoms with Crippen LogP contribution in [0.15, 0.2) is 48.5 Å². The second-order valence-corrected chi connectivity index (χ2v) is 7.16. The summed E-state index contributed by atoms with van der Waals surface area (Å²) in [6, 6.07) is 16.8. The summed E-state index contributed by atoms with van der Waals surface area (Å²) >= 11 is 0. The fraction of sp³-hybridized carbons (Fsp3) is 0.409. The number of nitrogens with one attached hydrogen (secondary N) is 1. The van der Waals surface area contributed by atoms with E-state index >= 15 is 0 Å². The Kier molecular flexibility index (Phi) is 6.29. The second-order valence-electron chi connectivity index (χ2n) is 7.16. The summed E-state index contributed by atoms with van der Waals surface area (Å²) in [5, 5.41) is 3.11. The number of rotatable bonds is 6. The summed E-state index contributed by atoms with van der Waals surface area (Å²) in [7, 11) is 0. The lowest BCUT2D eigenvalue weighted by molar-refractivity contribution is -0.124. The molecule has 1 amide bonds. The van der Waals surface area contributed by atoms with Gasteiger partial charge in [0, 0.05) is 25.7 Å². The first-order valence-corrected chi connectivity index (χ1v) is 9.36. The number of ether oxygens (including phenoxy) is 1. The van der Waals surface area contributed by atoms with Gasteiger partial charge in [0.05, 0.1) is 0 Å². The van der Waals surface area contributed by atoms with Gasteiger partial charge in [-0.3, -0.25) is 9.69 Å². The van der Waals surface area contributed by atoms with E-state index < -0.39 is 0 Å². The third-order valence-corrected chi connectivity index (χ3v) is 4.89. The summed E-state index contributed by atoms with van der Waals surface area (Å²) in [5.74, 6) is 0.745. The predicted molar refractivity (Wildman–Crippen MR) is 104 cm³/mol. The van der Waals surface area contributed by atoms with Crippen LogP contribution in [0.25, 0.3) is 0 Å². The van der Waals surface area contributed by atoms with Gasteiger partial charge in [-0.15, -0.1) is 0 Å². The molecule has 0 atom stereocenters. The van der Waals surface area contributed by atoms with Gasteiger partial charge in [0.25, 0.3) is 5.91 Å². The Morgan fingerprint density at radius 3 is 2.54 bits per heavy atom. The van der Waals surface area contributed by atoms with Crippen LogP contribution < -0.4 is 10.1 Å². The number of carbonyl (C=O) groups excluding carboxylic acids is 1. The maximum atomic E-state index is 12.2. The van der Waals surface area contributed by atoms with Crippen LogP contribution in [0, 0.1) is 13.8 Å². The number of hydrogen-bond acceptors (Lipinski definition) is 3. The van der Waals surface area contributed by atoms with Crippen molar-refractivity contribution in [3.63, 3.8) is 0 Å². The van der Waals surface area contributed by atoms with Crippen molar-refractivity contribution in [2.75, 3.05) is 19.7 Å². The summed E-state index contributed by atoms with van der Waals surface area (Å²) in [6.45, 7) is 7.14. The average molecular weight is 352 g/mol. The highest BCUT2D eigenvalue weighted by molar-refractivity contribution is 5.77. The van der Waals surface area contributed by atoms with Crippen LogP contribution in [-0.4, -0.2) is 36.5 Å². The Morgan fingerprint density at radius 1 is 1.12 bits per heavy atom. The van der Waals surface area contributed by atoms with E-state index in [1.165, 1.54) is 11.1 Å². The molecule has 1 N–H and O–H groups in total. The van der Waals surface area contributed by atoms with Gasteiger partial charge in [0.15, 0.2) is 6.61 Å². The monoisotopic (exact) mass is 352 g/mol. The Bertz CT molecular complexity index is 722. The van der Waals surface area contributed by atoms with Gasteiger partial charge < -0.3 is 10.1 Å². The van der Waals surface area contributed by atoms with Crippen molar-refractivity contribution >= 4 is 5.91 Å². The molecule has 0 spiro atoms. The van der Waals surface area contributed by atoms with Crippen LogP contribution in [0.1, 0.15) is 29.5 Å². The topological polar surface area (TPSA) is 41.6 Å². The minimum atomic E-state index is -0.0357. The van der Waals surface area contributed by atoms with Gasteiger partial charge in [-0.05, 0) is 43.9 Å². The molecular formula is C22H28N2O2. The molecule has 3 rings (SSSR count). The fourth-order valence-corrected chi connectivity index (χ4v) is 3.45. The van der Waals surface area contributed by atoms with Gasteiger partial charge in [-0.2, -0.15) is 0 Å². The molecule has 0 radical (unpaired) electrons. The number of carbonyl (C=O) groups is 1. The molecule has 0 aromatic heterocycles. The maximum Gasteiger partial charge on any atom is 0.258 e. The van der Waals surface area contributed by atoms with Gasteiger partial charge in [-0.1, -0.05) is 48.0 Å². The first-order chi connectivity index (χ1) is 12.6. The van der Waals surface area contributed by atoms with E-state index in [0.29, 0.717) is 0 Å². The first kappa shape index (κ1) is 18.5. The van der Waals surface area contributed by atoms with E-state index in [4.69, 9.17) is 4.74 Å². The molecule has 0 saturated carbocycles. The van der Waals surface area contributed by atoms with Crippen molar-refractivity contribution in [2.24, 2.45) is 0 Å². The molecule has 1 heterocycles. The Hall–Kier alpha value is -2.33. The van der Waals surface area contributed by atoms with Gasteiger partial charge in [-0.25, -0.2) is 0 Å². The van der Waals surface area contributed by atoms with E-state index in [1.807, 2.05) is 32.0 Å². The molecule has 1 aliphatic heterocycles. The second kappa shape index (κ2) is 8.86. The van der Waals surface area contributed by atoms with E-state index in [0.717, 1.165) is 43.8 Å². The molecule has 1 fully saturated rings. The van der Waals surface area contributed by atoms with Crippen molar-refractivity contribution in [2.45, 2.75) is 39.3 Å². The van der Waals surface area contributed by atoms with Gasteiger partial charge in [0.2, 0.25) is 0 Å². The highest BCUT2D eigenvalue weighted by atomic mass is 16.5. The number of hydrogen-bond donors (Lipinski definition) is 1. The van der Waals surface area contributed by atoms with E-state index in [9.17, 15) is 4.79 Å². The number of amides is 1. The largest absolute Gasteiger partial charge is 0.484 e. The van der Waals surface area contributed by atoms with Crippen LogP contribution >= 0.6 is 0 Å². The van der Waals surface area contributed by atoms with E-state index in [2.05, 4.69) is 40.5 Å². The normalized spacial score (nSPS) is 15.6. The summed E-state index contributed by atoms with van der Waals surface area (Å²) in [6.07, 6.45) is 1.98. The van der Waals surface area contributed by atoms with Gasteiger partial charge in [0.1, 0.15) is 5.75 Å². The highest BCUT2D eigenvalue weighted by Gasteiger charge is 2.20. The Morgan fingerprint density at radius 2 is 1.85 bits per heavy atom. The van der Waals surface area contributed by atoms with Crippen LogP contribution in [0.4, 0.5) is 0 Å². The summed E-state index contributed by atoms with van der Waals surface area (Å²) < 4.78 is 5.67. The molecule has 26 heavy (non-hydrogen) atoms. The standard InChI is InChI=1S/C22H28N2O2/c1-17-8-9-21(18(2)14-17)26-16-22(25)23-20-10-12-24(13-11-20)15-19-6-4-3-5-7-19/h3-9,14,20H,10-13,15-16H2,1-2H3,(H,23,25). The quantitative estimate of drug-likeness (QED) is 0.866. The first-order valence-electron chi connectivity index (χ1n) is 9.36. The lowest BCUT2D eigenvalue weighted by Crippen LogP contribution is -2.45. The number of nitrogens with zero attached hydrogens (tertiary/aromatic N) is 1. The van der Waals surface area contributed by atoms with Crippen molar-refractivity contribution in [1.82, 2.24) is 10.2 Å². The molecule has 0 aliphatic carbocycles. The zero-order chi connectivity index (χ0) is 18.4. The van der Waals surface area contributed by atoms with Crippen molar-refractivity contribution in [1.29, 1.82) is 0 Å². The molecule has 138 valence electrons. The van der Waals surface area contributed by atoms with Crippen molar-refractivity contribution in [3.05, 3.63) is 65.2 Å². The minimum absolute atomic E-state index is 0.0357. The maximum absolute atomic E-state index is 12.2. The lowest BCUT2D eigenvalue weighted by atomic mass is 10.0. The van der Waals surface area contributed by atoms with Crippen LogP contribution in [0.2, 0.25) is 0 Å². The summed E-state index contributed by atoms with van der Waals surface area (Å²) in [4.78, 5) is 14.6. The molecule has 4 heteroatoms. The fourth-order valence-electron chi connectivity index (χ4n) is 3.45. The predicted octanol–water partition coefficient (Wildman–Crippen LogP) is 3.46. The molecule has 0 bridgehead atoms. The Balaban J connectivity index is 1.39. The number of aryl methyl sites for hydroxylation is 2. The third-order valence-electron chi connectivity index (χ3n) is 4.89. The number of likely N-dealkylation sites (tertiary alicyclic amines) is 1. The van der Waals surface area contributed by atoms with Crippen LogP contribution in [-0.2, 0) is 11.3 Å². The van der Waals surface area contributed by atoms with E-state index in [-0.39, 0.29) is 18.6 Å². The van der Waals surface area contributed by atoms with Crippen LogP contribution in [0.5, 0.6) is 5.75 Å². The number of benzene rings is 2. The number of piperidine rings is 1. The third kappa shape index (κ3) is 5.33. The average Bonchev–Trinajstić information content (AvgIpc) is 2.63. The zero-order valence-corrected chi connectivity index (χ0v) is 15.7. The molecule has 2 aromatic carbocycles. The smallest absolute Gasteiger partial charge is 0.258 e. The lowest BCUT2D eigenvalue weighted by Gasteiger charge is -2.32. The van der Waals surface area contributed by atoms with Crippen molar-refractivity contribution in [3.8, 4) is 5.75 Å². The van der Waals surface area contributed by atoms with Crippen LogP contribution in [0.3, 0.4) is 0 Å². The summed E-state index contributed by atoms with van der Waals surface area (Å²) in [5.41, 5.74) is 3.60. The SMILES string of the molecule is Cc1ccc(OCC(=O)NC2CCN(Cc3ccccc3)CC2)c(C)c1. The molecule has 0 unspecified atom stereocenters. The Labute approximate surface area is 156 Å². The highest BCUT2D eigenvalue weighted by Crippen LogP contribution is 2.18. The zero-order valence-electron chi connectivity index (χ0n) is 15.7. The van der Waals surface area contributed by atoms with E-state index in [1.54, 1.807) is 0 Å². The van der Waals surface area contributed by atoms with Crippen molar-refractivity contribution < 1.29 is 9.53 Å². The molecule has 1 aliphatic rings. The van der Waals surface area contributed by atoms with Gasteiger partial charge >= 0.3 is 0 Å². The molecule has 2 aromatic rings. The molecule has 1 saturated heterocycles. The minimum Gasteiger partial charge on any atom is -0.484 e. The molecular weight excluding hydrogens is 324 g/mol. The molecule has 4 nitrogen and oxygen atoms in total.